The van der Waals surface area contributed by atoms with Crippen molar-refractivity contribution in [2.24, 2.45) is 0 Å². The molecule has 0 aromatic heterocycles. The Balaban J connectivity index is 2.03. The molecule has 1 aromatic carbocycles. The Kier molecular flexibility index (Phi) is 1.79. The predicted octanol–water partition coefficient (Wildman–Crippen LogP) is 2.34. The van der Waals surface area contributed by atoms with Crippen LogP contribution in [0.5, 0.6) is 0 Å². The van der Waals surface area contributed by atoms with Crippen LogP contribution in [-0.4, -0.2) is 24.8 Å². The van der Waals surface area contributed by atoms with Gasteiger partial charge in [-0.3, -0.25) is 0 Å². The van der Waals surface area contributed by atoms with Gasteiger partial charge in [-0.05, 0) is 22.3 Å². The van der Waals surface area contributed by atoms with E-state index in [1.807, 2.05) is 0 Å². The van der Waals surface area contributed by atoms with Crippen molar-refractivity contribution in [3.8, 4) is 0 Å². The van der Waals surface area contributed by atoms with Gasteiger partial charge in [0.25, 0.3) is 0 Å². The maximum Gasteiger partial charge on any atom is 0.101 e. The molecule has 1 aliphatic heterocycles. The van der Waals surface area contributed by atoms with E-state index in [0.29, 0.717) is 6.54 Å². The van der Waals surface area contributed by atoms with Crippen LogP contribution in [0.4, 0.5) is 0 Å². The molecule has 15 heavy (non-hydrogen) atoms. The van der Waals surface area contributed by atoms with Crippen molar-refractivity contribution in [2.45, 2.75) is 12.8 Å². The lowest BCUT2D eigenvalue weighted by atomic mass is 9.99. The smallest absolute Gasteiger partial charge is 0.101 e. The molecule has 1 atom stereocenters. The first-order chi connectivity index (χ1) is 7.16. The van der Waals surface area contributed by atoms with Gasteiger partial charge in [0.2, 0.25) is 0 Å². The van der Waals surface area contributed by atoms with Crippen molar-refractivity contribution in [1.82, 2.24) is 0 Å². The van der Waals surface area contributed by atoms with Crippen molar-refractivity contribution < 1.29 is 4.65 Å². The highest BCUT2D eigenvalue weighted by Gasteiger charge is 2.29. The van der Waals surface area contributed by atoms with E-state index >= 15 is 0 Å². The normalized spacial score (nSPS) is 28.9. The van der Waals surface area contributed by atoms with E-state index in [0.717, 1.165) is 19.4 Å². The molecule has 0 amide bonds. The van der Waals surface area contributed by atoms with Crippen molar-refractivity contribution in [3.05, 3.63) is 46.2 Å². The SMILES string of the molecule is C[N@@+]1([O-])CCC2=C(Cc3ccccc32)C1. The van der Waals surface area contributed by atoms with Gasteiger partial charge >= 0.3 is 0 Å². The Bertz CT molecular complexity index is 446. The Labute approximate surface area is 90.0 Å². The number of fused-ring (bicyclic) bond motifs is 2. The largest absolute Gasteiger partial charge is 0.633 e. The van der Waals surface area contributed by atoms with Gasteiger partial charge in [-0.2, -0.15) is 0 Å². The van der Waals surface area contributed by atoms with Gasteiger partial charge in [0.1, 0.15) is 6.54 Å². The molecule has 1 heterocycles. The minimum atomic E-state index is -0.0905. The van der Waals surface area contributed by atoms with Crippen LogP contribution in [0.2, 0.25) is 0 Å². The summed E-state index contributed by atoms with van der Waals surface area (Å²) in [6.07, 6.45) is 1.95. The standard InChI is InChI=1S/C13H15NO/c1-14(15)7-6-13-11(9-14)8-10-4-2-3-5-12(10)13/h2-5H,6-9H2,1H3/t14-/m1/s1. The van der Waals surface area contributed by atoms with E-state index in [1.54, 1.807) is 7.05 Å². The third-order valence-electron chi connectivity index (χ3n) is 3.53. The summed E-state index contributed by atoms with van der Waals surface area (Å²) in [4.78, 5) is 0. The van der Waals surface area contributed by atoms with Crippen molar-refractivity contribution >= 4 is 5.57 Å². The van der Waals surface area contributed by atoms with Crippen LogP contribution in [0.3, 0.4) is 0 Å². The lowest BCUT2D eigenvalue weighted by Gasteiger charge is -2.42. The summed E-state index contributed by atoms with van der Waals surface area (Å²) in [6, 6.07) is 8.55. The fraction of sp³-hybridized carbons (Fsp3) is 0.385. The van der Waals surface area contributed by atoms with Crippen LogP contribution < -0.4 is 0 Å². The Morgan fingerprint density at radius 3 is 2.93 bits per heavy atom. The zero-order valence-corrected chi connectivity index (χ0v) is 8.99. The lowest BCUT2D eigenvalue weighted by molar-refractivity contribution is -0.856. The number of nitrogens with zero attached hydrogens (tertiary/aromatic N) is 1. The van der Waals surface area contributed by atoms with Gasteiger partial charge < -0.3 is 9.85 Å². The molecular weight excluding hydrogens is 186 g/mol. The van der Waals surface area contributed by atoms with Crippen LogP contribution in [0.25, 0.3) is 5.57 Å². The topological polar surface area (TPSA) is 23.1 Å². The summed E-state index contributed by atoms with van der Waals surface area (Å²) >= 11 is 0. The maximum atomic E-state index is 11.9. The Morgan fingerprint density at radius 1 is 1.27 bits per heavy atom. The molecule has 2 nitrogen and oxygen atoms in total. The molecular formula is C13H15NO. The second-order valence-electron chi connectivity index (χ2n) is 4.84. The molecule has 2 heteroatoms. The molecule has 3 rings (SSSR count). The van der Waals surface area contributed by atoms with Gasteiger partial charge in [0.15, 0.2) is 0 Å². The average Bonchev–Trinajstić information content (AvgIpc) is 2.52. The molecule has 0 saturated heterocycles. The second-order valence-corrected chi connectivity index (χ2v) is 4.84. The van der Waals surface area contributed by atoms with Gasteiger partial charge in [-0.25, -0.2) is 0 Å². The zero-order valence-electron chi connectivity index (χ0n) is 8.99. The van der Waals surface area contributed by atoms with Crippen LogP contribution in [0.15, 0.2) is 29.8 Å². The molecule has 0 radical (unpaired) electrons. The number of benzene rings is 1. The average molecular weight is 201 g/mol. The Morgan fingerprint density at radius 2 is 2.07 bits per heavy atom. The van der Waals surface area contributed by atoms with Crippen LogP contribution >= 0.6 is 0 Å². The highest BCUT2D eigenvalue weighted by molar-refractivity contribution is 5.77. The third-order valence-corrected chi connectivity index (χ3v) is 3.53. The van der Waals surface area contributed by atoms with E-state index in [2.05, 4.69) is 24.3 Å². The number of likely N-dealkylation sites (N-methyl/N-ethyl adjacent to an activating group) is 1. The highest BCUT2D eigenvalue weighted by Crippen LogP contribution is 2.38. The monoisotopic (exact) mass is 201 g/mol. The lowest BCUT2D eigenvalue weighted by Crippen LogP contribution is -2.42. The zero-order chi connectivity index (χ0) is 10.5. The number of quaternary nitrogens is 1. The highest BCUT2D eigenvalue weighted by atomic mass is 16.5. The summed E-state index contributed by atoms with van der Waals surface area (Å²) in [5.41, 5.74) is 5.63. The van der Waals surface area contributed by atoms with Gasteiger partial charge in [-0.15, -0.1) is 0 Å². The molecule has 0 unspecified atom stereocenters. The number of hydroxylamine groups is 3. The third kappa shape index (κ3) is 1.41. The van der Waals surface area contributed by atoms with Gasteiger partial charge in [0.05, 0.1) is 13.6 Å². The molecule has 78 valence electrons. The molecule has 0 saturated carbocycles. The fourth-order valence-corrected chi connectivity index (χ4v) is 2.79. The summed E-state index contributed by atoms with van der Waals surface area (Å²) < 4.78 is -0.0905. The van der Waals surface area contributed by atoms with E-state index in [9.17, 15) is 5.21 Å². The molecule has 0 N–H and O–H groups in total. The van der Waals surface area contributed by atoms with Crippen molar-refractivity contribution in [2.75, 3.05) is 20.1 Å². The number of rotatable bonds is 0. The van der Waals surface area contributed by atoms with Gasteiger partial charge in [-0.1, -0.05) is 24.3 Å². The minimum Gasteiger partial charge on any atom is -0.633 e. The first-order valence-corrected chi connectivity index (χ1v) is 5.50. The first kappa shape index (κ1) is 9.13. The van der Waals surface area contributed by atoms with Crippen LogP contribution in [0, 0.1) is 5.21 Å². The van der Waals surface area contributed by atoms with E-state index < -0.39 is 0 Å². The summed E-state index contributed by atoms with van der Waals surface area (Å²) in [5, 5.41) is 11.9. The summed E-state index contributed by atoms with van der Waals surface area (Å²) in [7, 11) is 1.78. The Hall–Kier alpha value is -1.12. The quantitative estimate of drug-likeness (QED) is 0.466. The molecule has 0 bridgehead atoms. The molecule has 0 fully saturated rings. The van der Waals surface area contributed by atoms with Crippen molar-refractivity contribution in [1.29, 1.82) is 0 Å². The van der Waals surface area contributed by atoms with E-state index in [-0.39, 0.29) is 4.65 Å². The fourth-order valence-electron chi connectivity index (χ4n) is 2.79. The maximum absolute atomic E-state index is 11.9. The number of hydrogen-bond donors (Lipinski definition) is 0. The van der Waals surface area contributed by atoms with E-state index in [1.165, 1.54) is 22.3 Å². The van der Waals surface area contributed by atoms with Crippen LogP contribution in [-0.2, 0) is 6.42 Å². The molecule has 1 aromatic rings. The summed E-state index contributed by atoms with van der Waals surface area (Å²) in [6.45, 7) is 1.41. The first-order valence-electron chi connectivity index (χ1n) is 5.50. The number of hydrogen-bond acceptors (Lipinski definition) is 1. The molecule has 1 aliphatic carbocycles. The van der Waals surface area contributed by atoms with Gasteiger partial charge in [0, 0.05) is 12.8 Å². The predicted molar refractivity (Wildman–Crippen MR) is 61.0 cm³/mol. The molecule has 0 spiro atoms. The second kappa shape index (κ2) is 2.94. The van der Waals surface area contributed by atoms with E-state index in [4.69, 9.17) is 0 Å². The van der Waals surface area contributed by atoms with Crippen LogP contribution in [0.1, 0.15) is 17.5 Å². The summed E-state index contributed by atoms with van der Waals surface area (Å²) in [5.74, 6) is 0. The minimum absolute atomic E-state index is 0.0905. The van der Waals surface area contributed by atoms with Crippen molar-refractivity contribution in [3.63, 3.8) is 0 Å². The molecule has 2 aliphatic rings.